The van der Waals surface area contributed by atoms with Crippen LogP contribution in [-0.2, 0) is 0 Å². The molecule has 3 nitrogen and oxygen atoms in total. The van der Waals surface area contributed by atoms with E-state index in [1.165, 1.54) is 5.69 Å². The van der Waals surface area contributed by atoms with Crippen molar-refractivity contribution in [3.63, 3.8) is 0 Å². The van der Waals surface area contributed by atoms with E-state index in [4.69, 9.17) is 5.73 Å². The number of piperidine rings is 1. The second-order valence-corrected chi connectivity index (χ2v) is 4.66. The molecule has 0 amide bonds. The zero-order valence-corrected chi connectivity index (χ0v) is 9.76. The van der Waals surface area contributed by atoms with Gasteiger partial charge in [-0.3, -0.25) is 0 Å². The molecule has 1 atom stereocenters. The van der Waals surface area contributed by atoms with Crippen LogP contribution in [0.3, 0.4) is 0 Å². The van der Waals surface area contributed by atoms with Crippen LogP contribution in [0.25, 0.3) is 0 Å². The van der Waals surface area contributed by atoms with Gasteiger partial charge in [-0.2, -0.15) is 0 Å². The molecular formula is C13H20N2O. The number of nitrogen functional groups attached to an aromatic ring is 1. The summed E-state index contributed by atoms with van der Waals surface area (Å²) in [5, 5.41) is 9.54. The highest BCUT2D eigenvalue weighted by atomic mass is 16.3. The summed E-state index contributed by atoms with van der Waals surface area (Å²) in [5.74, 6) is 0.463. The van der Waals surface area contributed by atoms with Crippen molar-refractivity contribution in [2.24, 2.45) is 5.92 Å². The summed E-state index contributed by atoms with van der Waals surface area (Å²) in [5.41, 5.74) is 7.71. The molecule has 1 aromatic carbocycles. The molecule has 0 aromatic heterocycles. The molecule has 0 saturated carbocycles. The Morgan fingerprint density at radius 1 is 1.25 bits per heavy atom. The molecule has 1 fully saturated rings. The number of aliphatic hydroxyl groups is 1. The van der Waals surface area contributed by atoms with Gasteiger partial charge in [0.05, 0.1) is 6.10 Å². The lowest BCUT2D eigenvalue weighted by Crippen LogP contribution is -2.36. The highest BCUT2D eigenvalue weighted by molar-refractivity contribution is 5.53. The minimum Gasteiger partial charge on any atom is -0.399 e. The van der Waals surface area contributed by atoms with Crippen LogP contribution in [0.15, 0.2) is 24.3 Å². The first-order valence-corrected chi connectivity index (χ1v) is 5.95. The molecule has 0 unspecified atom stereocenters. The van der Waals surface area contributed by atoms with E-state index >= 15 is 0 Å². The highest BCUT2D eigenvalue weighted by Gasteiger charge is 2.22. The van der Waals surface area contributed by atoms with Crippen molar-refractivity contribution in [2.75, 3.05) is 23.7 Å². The van der Waals surface area contributed by atoms with E-state index in [0.717, 1.165) is 31.6 Å². The first-order chi connectivity index (χ1) is 7.66. The number of rotatable bonds is 2. The van der Waals surface area contributed by atoms with Crippen LogP contribution in [-0.4, -0.2) is 24.3 Å². The molecule has 2 rings (SSSR count). The average Bonchev–Trinajstić information content (AvgIpc) is 2.30. The van der Waals surface area contributed by atoms with E-state index in [2.05, 4.69) is 17.0 Å². The second kappa shape index (κ2) is 4.74. The fourth-order valence-electron chi connectivity index (χ4n) is 2.33. The van der Waals surface area contributed by atoms with Crippen molar-refractivity contribution in [1.29, 1.82) is 0 Å². The lowest BCUT2D eigenvalue weighted by molar-refractivity contribution is 0.110. The van der Waals surface area contributed by atoms with Gasteiger partial charge in [0, 0.05) is 24.5 Å². The van der Waals surface area contributed by atoms with Gasteiger partial charge in [-0.05, 0) is 49.9 Å². The minimum absolute atomic E-state index is 0.173. The molecule has 3 heteroatoms. The fourth-order valence-corrected chi connectivity index (χ4v) is 2.33. The molecule has 1 saturated heterocycles. The second-order valence-electron chi connectivity index (χ2n) is 4.66. The summed E-state index contributed by atoms with van der Waals surface area (Å²) in [6.07, 6.45) is 1.97. The highest BCUT2D eigenvalue weighted by Crippen LogP contribution is 2.25. The summed E-state index contributed by atoms with van der Waals surface area (Å²) in [6.45, 7) is 3.95. The van der Waals surface area contributed by atoms with Gasteiger partial charge in [-0.15, -0.1) is 0 Å². The van der Waals surface area contributed by atoms with Crippen LogP contribution in [0.1, 0.15) is 19.8 Å². The van der Waals surface area contributed by atoms with Crippen molar-refractivity contribution in [3.05, 3.63) is 24.3 Å². The van der Waals surface area contributed by atoms with E-state index < -0.39 is 0 Å². The maximum Gasteiger partial charge on any atom is 0.0541 e. The van der Waals surface area contributed by atoms with E-state index in [1.807, 2.05) is 19.1 Å². The molecule has 0 bridgehead atoms. The Hall–Kier alpha value is -1.22. The van der Waals surface area contributed by atoms with Gasteiger partial charge in [0.15, 0.2) is 0 Å². The Kier molecular flexibility index (Phi) is 3.34. The lowest BCUT2D eigenvalue weighted by Gasteiger charge is -2.34. The molecule has 1 aromatic rings. The smallest absolute Gasteiger partial charge is 0.0541 e. The fraction of sp³-hybridized carbons (Fsp3) is 0.538. The maximum absolute atomic E-state index is 9.54. The number of hydrogen-bond donors (Lipinski definition) is 2. The van der Waals surface area contributed by atoms with Crippen LogP contribution < -0.4 is 10.6 Å². The van der Waals surface area contributed by atoms with Gasteiger partial charge < -0.3 is 15.7 Å². The third kappa shape index (κ3) is 2.47. The number of nitrogens with zero attached hydrogens (tertiary/aromatic N) is 1. The predicted molar refractivity (Wildman–Crippen MR) is 67.5 cm³/mol. The van der Waals surface area contributed by atoms with E-state index in [0.29, 0.717) is 5.92 Å². The minimum atomic E-state index is -0.173. The van der Waals surface area contributed by atoms with Crippen LogP contribution >= 0.6 is 0 Å². The SMILES string of the molecule is C[C@H](O)C1CCN(c2ccc(N)cc2)CC1. The third-order valence-electron chi connectivity index (χ3n) is 3.48. The Bertz CT molecular complexity index is 326. The van der Waals surface area contributed by atoms with Crippen LogP contribution in [0.2, 0.25) is 0 Å². The van der Waals surface area contributed by atoms with Gasteiger partial charge in [-0.25, -0.2) is 0 Å². The molecule has 88 valence electrons. The van der Waals surface area contributed by atoms with Gasteiger partial charge in [0.25, 0.3) is 0 Å². The van der Waals surface area contributed by atoms with Gasteiger partial charge >= 0.3 is 0 Å². The standard InChI is InChI=1S/C13H20N2O/c1-10(16)11-6-8-15(9-7-11)13-4-2-12(14)3-5-13/h2-5,10-11,16H,6-9,14H2,1H3/t10-/m0/s1. The van der Waals surface area contributed by atoms with Crippen molar-refractivity contribution < 1.29 is 5.11 Å². The lowest BCUT2D eigenvalue weighted by atomic mass is 9.92. The summed E-state index contributed by atoms with van der Waals surface area (Å²) >= 11 is 0. The summed E-state index contributed by atoms with van der Waals surface area (Å²) in [7, 11) is 0. The zero-order chi connectivity index (χ0) is 11.5. The Balaban J connectivity index is 1.96. The van der Waals surface area contributed by atoms with E-state index in [-0.39, 0.29) is 6.10 Å². The average molecular weight is 220 g/mol. The van der Waals surface area contributed by atoms with Crippen molar-refractivity contribution in [2.45, 2.75) is 25.9 Å². The van der Waals surface area contributed by atoms with Crippen molar-refractivity contribution in [1.82, 2.24) is 0 Å². The number of aliphatic hydroxyl groups excluding tert-OH is 1. The van der Waals surface area contributed by atoms with Crippen molar-refractivity contribution in [3.8, 4) is 0 Å². The molecule has 1 aliphatic heterocycles. The molecule has 16 heavy (non-hydrogen) atoms. The topological polar surface area (TPSA) is 49.5 Å². The van der Waals surface area contributed by atoms with E-state index in [9.17, 15) is 5.11 Å². The Morgan fingerprint density at radius 3 is 2.31 bits per heavy atom. The molecule has 0 spiro atoms. The van der Waals surface area contributed by atoms with Gasteiger partial charge in [0.1, 0.15) is 0 Å². The Labute approximate surface area is 96.9 Å². The number of benzene rings is 1. The first kappa shape index (κ1) is 11.3. The van der Waals surface area contributed by atoms with Crippen LogP contribution in [0.5, 0.6) is 0 Å². The summed E-state index contributed by atoms with van der Waals surface area (Å²) < 4.78 is 0. The number of hydrogen-bond acceptors (Lipinski definition) is 3. The Morgan fingerprint density at radius 2 is 1.81 bits per heavy atom. The molecular weight excluding hydrogens is 200 g/mol. The molecule has 3 N–H and O–H groups in total. The zero-order valence-electron chi connectivity index (χ0n) is 9.76. The predicted octanol–water partition coefficient (Wildman–Crippen LogP) is 1.87. The van der Waals surface area contributed by atoms with Gasteiger partial charge in [-0.1, -0.05) is 0 Å². The molecule has 0 radical (unpaired) electrons. The summed E-state index contributed by atoms with van der Waals surface area (Å²) in [6, 6.07) is 8.02. The number of anilines is 2. The molecule has 1 heterocycles. The monoisotopic (exact) mass is 220 g/mol. The third-order valence-corrected chi connectivity index (χ3v) is 3.48. The van der Waals surface area contributed by atoms with Crippen LogP contribution in [0, 0.1) is 5.92 Å². The quantitative estimate of drug-likeness (QED) is 0.748. The van der Waals surface area contributed by atoms with Crippen LogP contribution in [0.4, 0.5) is 11.4 Å². The number of nitrogens with two attached hydrogens (primary N) is 1. The maximum atomic E-state index is 9.54. The van der Waals surface area contributed by atoms with E-state index in [1.54, 1.807) is 0 Å². The first-order valence-electron chi connectivity index (χ1n) is 5.95. The summed E-state index contributed by atoms with van der Waals surface area (Å²) in [4.78, 5) is 2.36. The molecule has 1 aliphatic rings. The van der Waals surface area contributed by atoms with Gasteiger partial charge in [0.2, 0.25) is 0 Å². The largest absolute Gasteiger partial charge is 0.399 e. The normalized spacial score (nSPS) is 19.8. The molecule has 0 aliphatic carbocycles. The van der Waals surface area contributed by atoms with Crippen molar-refractivity contribution >= 4 is 11.4 Å².